The molecule has 0 saturated carbocycles. The Hall–Kier alpha value is -1.60. The van der Waals surface area contributed by atoms with Gasteiger partial charge in [0.25, 0.3) is 5.69 Å². The van der Waals surface area contributed by atoms with Crippen molar-refractivity contribution < 1.29 is 14.3 Å². The zero-order valence-electron chi connectivity index (χ0n) is 8.72. The van der Waals surface area contributed by atoms with E-state index in [9.17, 15) is 19.5 Å². The molecule has 1 N–H and O–H groups in total. The molecule has 0 aliphatic rings. The maximum atomic E-state index is 11.2. The molecule has 0 aromatic heterocycles. The van der Waals surface area contributed by atoms with Crippen LogP contribution >= 0.6 is 0 Å². The number of nitro benzene ring substituents is 1. The fraction of sp³-hybridized carbons (Fsp3) is 0.222. The van der Waals surface area contributed by atoms with Gasteiger partial charge in [-0.15, -0.1) is 0 Å². The van der Waals surface area contributed by atoms with Crippen molar-refractivity contribution in [1.82, 2.24) is 0 Å². The van der Waals surface area contributed by atoms with Crippen LogP contribution < -0.4 is 5.32 Å². The Morgan fingerprint density at radius 2 is 2.12 bits per heavy atom. The average molecular weight is 242 g/mol. The van der Waals surface area contributed by atoms with Gasteiger partial charge in [-0.05, 0) is 23.3 Å². The monoisotopic (exact) mass is 242 g/mol. The van der Waals surface area contributed by atoms with Gasteiger partial charge in [0, 0.05) is 6.92 Å². The lowest BCUT2D eigenvalue weighted by Crippen LogP contribution is -2.09. The van der Waals surface area contributed by atoms with Crippen LogP contribution in [0.5, 0.6) is 0 Å². The highest BCUT2D eigenvalue weighted by molar-refractivity contribution is 7.90. The van der Waals surface area contributed by atoms with Crippen LogP contribution in [0.15, 0.2) is 23.1 Å². The number of amides is 1. The first-order chi connectivity index (χ1) is 7.41. The van der Waals surface area contributed by atoms with Crippen LogP contribution in [0.25, 0.3) is 0 Å². The van der Waals surface area contributed by atoms with Crippen molar-refractivity contribution in [3.05, 3.63) is 28.3 Å². The summed E-state index contributed by atoms with van der Waals surface area (Å²) in [4.78, 5) is 21.3. The minimum absolute atomic E-state index is 0.103. The summed E-state index contributed by atoms with van der Waals surface area (Å²) in [5.41, 5.74) is -0.158. The number of nitro groups is 1. The van der Waals surface area contributed by atoms with Crippen molar-refractivity contribution >= 4 is 28.5 Å². The summed E-state index contributed by atoms with van der Waals surface area (Å²) in [6, 6.07) is 4.05. The lowest BCUT2D eigenvalue weighted by Gasteiger charge is -2.06. The lowest BCUT2D eigenvalue weighted by atomic mass is 10.2. The largest absolute Gasteiger partial charge is 0.612 e. The second-order valence-corrected chi connectivity index (χ2v) is 4.45. The van der Waals surface area contributed by atoms with Gasteiger partial charge in [-0.25, -0.2) is 0 Å². The van der Waals surface area contributed by atoms with Crippen molar-refractivity contribution in [2.75, 3.05) is 11.6 Å². The van der Waals surface area contributed by atoms with E-state index in [4.69, 9.17) is 0 Å². The molecule has 1 amide bonds. The van der Waals surface area contributed by atoms with Crippen molar-refractivity contribution in [2.45, 2.75) is 11.8 Å². The summed E-state index contributed by atoms with van der Waals surface area (Å²) in [6.45, 7) is 1.26. The molecule has 0 spiro atoms. The van der Waals surface area contributed by atoms with E-state index >= 15 is 0 Å². The number of carbonyl (C=O) groups excluding carboxylic acids is 1. The smallest absolute Gasteiger partial charge is 0.297 e. The summed E-state index contributed by atoms with van der Waals surface area (Å²) in [5.74, 6) is -0.395. The van der Waals surface area contributed by atoms with Crippen molar-refractivity contribution in [3.8, 4) is 0 Å². The van der Waals surface area contributed by atoms with Crippen LogP contribution in [0.2, 0.25) is 0 Å². The van der Waals surface area contributed by atoms with Crippen LogP contribution in [0, 0.1) is 10.1 Å². The predicted molar refractivity (Wildman–Crippen MR) is 59.7 cm³/mol. The van der Waals surface area contributed by atoms with E-state index in [0.29, 0.717) is 4.90 Å². The lowest BCUT2D eigenvalue weighted by molar-refractivity contribution is -0.384. The molecule has 0 bridgehead atoms. The Labute approximate surface area is 95.0 Å². The molecule has 0 saturated heterocycles. The third kappa shape index (κ3) is 2.94. The fourth-order valence-corrected chi connectivity index (χ4v) is 1.67. The standard InChI is InChI=1S/C9H10N2O4S/c1-6(12)10-8-4-3-7(16(2)15)5-9(8)11(13)14/h3-5H,1-2H3,(H,10,12). The van der Waals surface area contributed by atoms with Crippen LogP contribution in [0.1, 0.15) is 6.92 Å². The maximum absolute atomic E-state index is 11.2. The van der Waals surface area contributed by atoms with Crippen LogP contribution in [0.4, 0.5) is 11.4 Å². The minimum Gasteiger partial charge on any atom is -0.612 e. The molecule has 16 heavy (non-hydrogen) atoms. The highest BCUT2D eigenvalue weighted by Crippen LogP contribution is 2.27. The fourth-order valence-electron chi connectivity index (χ4n) is 1.14. The molecule has 0 radical (unpaired) electrons. The summed E-state index contributed by atoms with van der Waals surface area (Å²) < 4.78 is 11.2. The SMILES string of the molecule is CC(=O)Nc1ccc([S+](C)[O-])cc1[N+](=O)[O-]. The molecule has 6 nitrogen and oxygen atoms in total. The van der Waals surface area contributed by atoms with Crippen LogP contribution in [-0.4, -0.2) is 21.6 Å². The van der Waals surface area contributed by atoms with Crippen molar-refractivity contribution in [1.29, 1.82) is 0 Å². The molecular formula is C9H10N2O4S. The van der Waals surface area contributed by atoms with Crippen molar-refractivity contribution in [3.63, 3.8) is 0 Å². The number of nitrogens with one attached hydrogen (secondary N) is 1. The van der Waals surface area contributed by atoms with E-state index in [-0.39, 0.29) is 11.4 Å². The molecule has 1 aromatic rings. The first-order valence-corrected chi connectivity index (χ1v) is 5.87. The van der Waals surface area contributed by atoms with E-state index < -0.39 is 22.0 Å². The highest BCUT2D eigenvalue weighted by atomic mass is 32.2. The molecule has 0 fully saturated rings. The van der Waals surface area contributed by atoms with Gasteiger partial charge in [0.05, 0.1) is 11.0 Å². The van der Waals surface area contributed by atoms with Gasteiger partial charge in [0.2, 0.25) is 5.91 Å². The van der Waals surface area contributed by atoms with E-state index in [2.05, 4.69) is 5.32 Å². The topological polar surface area (TPSA) is 95.3 Å². The van der Waals surface area contributed by atoms with Crippen molar-refractivity contribution in [2.24, 2.45) is 0 Å². The number of rotatable bonds is 3. The summed E-state index contributed by atoms with van der Waals surface area (Å²) in [6.07, 6.45) is 1.43. The van der Waals surface area contributed by atoms with Crippen LogP contribution in [0.3, 0.4) is 0 Å². The van der Waals surface area contributed by atoms with E-state index in [0.717, 1.165) is 0 Å². The number of carbonyl (C=O) groups is 1. The molecular weight excluding hydrogens is 232 g/mol. The van der Waals surface area contributed by atoms with E-state index in [1.54, 1.807) is 0 Å². The van der Waals surface area contributed by atoms with Crippen LogP contribution in [-0.2, 0) is 16.0 Å². The molecule has 0 heterocycles. The Balaban J connectivity index is 3.19. The highest BCUT2D eigenvalue weighted by Gasteiger charge is 2.18. The van der Waals surface area contributed by atoms with Gasteiger partial charge >= 0.3 is 0 Å². The molecule has 1 rings (SSSR count). The summed E-state index contributed by atoms with van der Waals surface area (Å²) in [5, 5.41) is 13.1. The maximum Gasteiger partial charge on any atom is 0.297 e. The Bertz CT molecular complexity index is 434. The van der Waals surface area contributed by atoms with E-state index in [1.807, 2.05) is 0 Å². The van der Waals surface area contributed by atoms with Gasteiger partial charge < -0.3 is 9.87 Å². The quantitative estimate of drug-likeness (QED) is 0.490. The second-order valence-electron chi connectivity index (χ2n) is 3.07. The Morgan fingerprint density at radius 1 is 1.50 bits per heavy atom. The third-order valence-corrected chi connectivity index (χ3v) is 2.73. The molecule has 1 aromatic carbocycles. The van der Waals surface area contributed by atoms with Gasteiger partial charge in [-0.1, -0.05) is 0 Å². The molecule has 7 heteroatoms. The van der Waals surface area contributed by atoms with Gasteiger partial charge in [0.1, 0.15) is 11.9 Å². The average Bonchev–Trinajstić information content (AvgIpc) is 2.16. The zero-order valence-corrected chi connectivity index (χ0v) is 9.54. The van der Waals surface area contributed by atoms with Gasteiger partial charge in [0.15, 0.2) is 4.90 Å². The number of hydrogen-bond donors (Lipinski definition) is 1. The molecule has 0 aliphatic carbocycles. The zero-order chi connectivity index (χ0) is 12.3. The molecule has 1 atom stereocenters. The molecule has 0 aliphatic heterocycles. The number of hydrogen-bond acceptors (Lipinski definition) is 4. The Morgan fingerprint density at radius 3 is 2.56 bits per heavy atom. The number of nitrogens with zero attached hydrogens (tertiary/aromatic N) is 1. The number of anilines is 1. The second kappa shape index (κ2) is 4.95. The first kappa shape index (κ1) is 12.5. The Kier molecular flexibility index (Phi) is 3.86. The molecule has 1 unspecified atom stereocenters. The summed E-state index contributed by atoms with van der Waals surface area (Å²) in [7, 11) is 0. The third-order valence-electron chi connectivity index (χ3n) is 1.81. The number of benzene rings is 1. The van der Waals surface area contributed by atoms with E-state index in [1.165, 1.54) is 31.4 Å². The summed E-state index contributed by atoms with van der Waals surface area (Å²) >= 11 is -1.29. The first-order valence-electron chi connectivity index (χ1n) is 4.31. The van der Waals surface area contributed by atoms with Gasteiger partial charge in [-0.2, -0.15) is 0 Å². The molecule has 86 valence electrons. The van der Waals surface area contributed by atoms with Gasteiger partial charge in [-0.3, -0.25) is 14.9 Å². The normalized spacial score (nSPS) is 11.9. The minimum atomic E-state index is -1.29. The predicted octanol–water partition coefficient (Wildman–Crippen LogP) is 1.29.